The molecule has 0 amide bonds. The van der Waals surface area contributed by atoms with Gasteiger partial charge in [-0.1, -0.05) is 44.5 Å². The van der Waals surface area contributed by atoms with Crippen molar-refractivity contribution in [1.82, 2.24) is 5.32 Å². The average molecular weight is 191 g/mol. The third-order valence-electron chi connectivity index (χ3n) is 2.68. The lowest BCUT2D eigenvalue weighted by atomic mass is 9.98. The summed E-state index contributed by atoms with van der Waals surface area (Å²) in [4.78, 5) is 0. The molecule has 1 heteroatoms. The fourth-order valence-corrected chi connectivity index (χ4v) is 1.54. The number of hydrogen-bond acceptors (Lipinski definition) is 1. The third kappa shape index (κ3) is 3.51. The van der Waals surface area contributed by atoms with E-state index in [1.165, 1.54) is 24.0 Å². The molecule has 0 saturated carbocycles. The van der Waals surface area contributed by atoms with Gasteiger partial charge in [-0.2, -0.15) is 0 Å². The average Bonchev–Trinajstić information content (AvgIpc) is 2.21. The molecule has 0 heterocycles. The summed E-state index contributed by atoms with van der Waals surface area (Å²) in [6, 6.07) is 8.93. The smallest absolute Gasteiger partial charge is 0.0202 e. The highest BCUT2D eigenvalue weighted by molar-refractivity contribution is 5.22. The molecule has 0 aliphatic rings. The van der Waals surface area contributed by atoms with Crippen molar-refractivity contribution >= 4 is 0 Å². The normalized spacial score (nSPS) is 12.8. The quantitative estimate of drug-likeness (QED) is 0.754. The molecule has 0 saturated heterocycles. The topological polar surface area (TPSA) is 12.0 Å². The molecule has 1 aromatic rings. The molecular weight excluding hydrogens is 170 g/mol. The van der Waals surface area contributed by atoms with Crippen molar-refractivity contribution < 1.29 is 0 Å². The van der Waals surface area contributed by atoms with Crippen LogP contribution in [0.4, 0.5) is 0 Å². The minimum atomic E-state index is 0.796. The zero-order valence-electron chi connectivity index (χ0n) is 9.51. The molecule has 1 aromatic carbocycles. The van der Waals surface area contributed by atoms with Crippen molar-refractivity contribution in [2.45, 2.75) is 33.2 Å². The van der Waals surface area contributed by atoms with Gasteiger partial charge in [0.2, 0.25) is 0 Å². The van der Waals surface area contributed by atoms with Crippen molar-refractivity contribution in [3.63, 3.8) is 0 Å². The van der Waals surface area contributed by atoms with Crippen LogP contribution in [-0.4, -0.2) is 7.05 Å². The van der Waals surface area contributed by atoms with E-state index in [9.17, 15) is 0 Å². The van der Waals surface area contributed by atoms with Crippen LogP contribution in [0.25, 0.3) is 0 Å². The fourth-order valence-electron chi connectivity index (χ4n) is 1.54. The molecule has 0 fully saturated rings. The highest BCUT2D eigenvalue weighted by Crippen LogP contribution is 2.12. The summed E-state index contributed by atoms with van der Waals surface area (Å²) in [7, 11) is 1.98. The minimum Gasteiger partial charge on any atom is -0.316 e. The predicted octanol–water partition coefficient (Wildman–Crippen LogP) is 2.99. The van der Waals surface area contributed by atoms with Gasteiger partial charge in [0.05, 0.1) is 0 Å². The maximum atomic E-state index is 3.16. The number of hydrogen-bond donors (Lipinski definition) is 1. The van der Waals surface area contributed by atoms with Crippen LogP contribution in [0.5, 0.6) is 0 Å². The molecule has 0 aliphatic heterocycles. The molecule has 0 spiro atoms. The van der Waals surface area contributed by atoms with Gasteiger partial charge in [0.1, 0.15) is 0 Å². The lowest BCUT2D eigenvalue weighted by molar-refractivity contribution is 0.560. The van der Waals surface area contributed by atoms with E-state index in [1.807, 2.05) is 7.05 Å². The van der Waals surface area contributed by atoms with Crippen LogP contribution in [0.3, 0.4) is 0 Å². The Hall–Kier alpha value is -0.820. The molecule has 0 aliphatic carbocycles. The van der Waals surface area contributed by atoms with Crippen LogP contribution in [0.15, 0.2) is 24.3 Å². The van der Waals surface area contributed by atoms with E-state index in [0.29, 0.717) is 0 Å². The second kappa shape index (κ2) is 5.82. The molecule has 0 radical (unpaired) electrons. The van der Waals surface area contributed by atoms with Crippen LogP contribution in [0.2, 0.25) is 0 Å². The highest BCUT2D eigenvalue weighted by Gasteiger charge is 2.00. The van der Waals surface area contributed by atoms with Gasteiger partial charge < -0.3 is 5.32 Å². The number of nitrogens with one attached hydrogen (secondary N) is 1. The van der Waals surface area contributed by atoms with E-state index >= 15 is 0 Å². The lowest BCUT2D eigenvalue weighted by Crippen LogP contribution is -2.05. The van der Waals surface area contributed by atoms with Crippen molar-refractivity contribution in [2.24, 2.45) is 5.92 Å². The molecule has 1 N–H and O–H groups in total. The molecule has 1 nitrogen and oxygen atoms in total. The first kappa shape index (κ1) is 11.3. The second-order valence-corrected chi connectivity index (χ2v) is 4.06. The van der Waals surface area contributed by atoms with Gasteiger partial charge in [-0.05, 0) is 30.5 Å². The minimum absolute atomic E-state index is 0.796. The molecule has 1 unspecified atom stereocenters. The second-order valence-electron chi connectivity index (χ2n) is 4.06. The first-order valence-electron chi connectivity index (χ1n) is 5.48. The van der Waals surface area contributed by atoms with Crippen LogP contribution < -0.4 is 5.32 Å². The van der Waals surface area contributed by atoms with E-state index in [1.54, 1.807) is 0 Å². The largest absolute Gasteiger partial charge is 0.316 e. The van der Waals surface area contributed by atoms with Gasteiger partial charge in [0.15, 0.2) is 0 Å². The Labute approximate surface area is 87.5 Å². The Bertz CT molecular complexity index is 250. The Kier molecular flexibility index (Phi) is 4.68. The summed E-state index contributed by atoms with van der Waals surface area (Å²) in [5, 5.41) is 3.16. The van der Waals surface area contributed by atoms with Gasteiger partial charge in [-0.15, -0.1) is 0 Å². The standard InChI is InChI=1S/C13H21N/c1-4-11(2)9-12-5-7-13(8-6-12)10-14-3/h5-8,11,14H,4,9-10H2,1-3H3. The van der Waals surface area contributed by atoms with Crippen molar-refractivity contribution in [1.29, 1.82) is 0 Å². The van der Waals surface area contributed by atoms with Gasteiger partial charge in [-0.25, -0.2) is 0 Å². The van der Waals surface area contributed by atoms with E-state index in [4.69, 9.17) is 0 Å². The van der Waals surface area contributed by atoms with E-state index in [-0.39, 0.29) is 0 Å². The summed E-state index contributed by atoms with van der Waals surface area (Å²) in [6.07, 6.45) is 2.47. The SMILES string of the molecule is CCC(C)Cc1ccc(CNC)cc1. The Morgan fingerprint density at radius 2 is 1.71 bits per heavy atom. The first-order valence-corrected chi connectivity index (χ1v) is 5.48. The predicted molar refractivity (Wildman–Crippen MR) is 62.4 cm³/mol. The Balaban J connectivity index is 2.54. The maximum Gasteiger partial charge on any atom is 0.0202 e. The molecule has 14 heavy (non-hydrogen) atoms. The van der Waals surface area contributed by atoms with E-state index in [2.05, 4.69) is 43.4 Å². The zero-order chi connectivity index (χ0) is 10.4. The Morgan fingerprint density at radius 1 is 1.14 bits per heavy atom. The highest BCUT2D eigenvalue weighted by atomic mass is 14.8. The molecule has 1 rings (SSSR count). The number of benzene rings is 1. The molecule has 0 bridgehead atoms. The zero-order valence-corrected chi connectivity index (χ0v) is 9.51. The fraction of sp³-hybridized carbons (Fsp3) is 0.538. The summed E-state index contributed by atoms with van der Waals surface area (Å²) in [5.74, 6) is 0.796. The van der Waals surface area contributed by atoms with Crippen molar-refractivity contribution in [3.05, 3.63) is 35.4 Å². The summed E-state index contributed by atoms with van der Waals surface area (Å²) < 4.78 is 0. The number of rotatable bonds is 5. The summed E-state index contributed by atoms with van der Waals surface area (Å²) in [6.45, 7) is 5.52. The monoisotopic (exact) mass is 191 g/mol. The van der Waals surface area contributed by atoms with Crippen LogP contribution in [0.1, 0.15) is 31.4 Å². The van der Waals surface area contributed by atoms with E-state index in [0.717, 1.165) is 12.5 Å². The summed E-state index contributed by atoms with van der Waals surface area (Å²) in [5.41, 5.74) is 2.82. The molecule has 78 valence electrons. The first-order chi connectivity index (χ1) is 6.76. The molecular formula is C13H21N. The Morgan fingerprint density at radius 3 is 2.21 bits per heavy atom. The van der Waals surface area contributed by atoms with Gasteiger partial charge in [0, 0.05) is 6.54 Å². The van der Waals surface area contributed by atoms with E-state index < -0.39 is 0 Å². The summed E-state index contributed by atoms with van der Waals surface area (Å²) >= 11 is 0. The van der Waals surface area contributed by atoms with Crippen LogP contribution >= 0.6 is 0 Å². The maximum absolute atomic E-state index is 3.16. The lowest BCUT2D eigenvalue weighted by Gasteiger charge is -2.08. The molecule has 1 atom stereocenters. The van der Waals surface area contributed by atoms with Crippen molar-refractivity contribution in [3.8, 4) is 0 Å². The van der Waals surface area contributed by atoms with Crippen LogP contribution in [-0.2, 0) is 13.0 Å². The van der Waals surface area contributed by atoms with Gasteiger partial charge in [-0.3, -0.25) is 0 Å². The van der Waals surface area contributed by atoms with Gasteiger partial charge >= 0.3 is 0 Å². The van der Waals surface area contributed by atoms with Crippen molar-refractivity contribution in [2.75, 3.05) is 7.05 Å². The third-order valence-corrected chi connectivity index (χ3v) is 2.68. The van der Waals surface area contributed by atoms with Crippen LogP contribution in [0, 0.1) is 5.92 Å². The van der Waals surface area contributed by atoms with Gasteiger partial charge in [0.25, 0.3) is 0 Å². The molecule has 0 aromatic heterocycles.